The molecule has 0 unspecified atom stereocenters. The Morgan fingerprint density at radius 3 is 2.86 bits per heavy atom. The van der Waals surface area contributed by atoms with Gasteiger partial charge in [-0.3, -0.25) is 10.2 Å². The predicted octanol–water partition coefficient (Wildman–Crippen LogP) is 2.31. The van der Waals surface area contributed by atoms with Gasteiger partial charge in [0.1, 0.15) is 5.82 Å². The molecular weight excluding hydrogens is 334 g/mol. The number of hydrazone groups is 1. The van der Waals surface area contributed by atoms with E-state index in [9.17, 15) is 4.79 Å². The molecule has 3 N–H and O–H groups in total. The summed E-state index contributed by atoms with van der Waals surface area (Å²) in [4.78, 5) is 14.4. The van der Waals surface area contributed by atoms with Gasteiger partial charge in [-0.25, -0.2) is 5.01 Å². The highest BCUT2D eigenvalue weighted by molar-refractivity contribution is 9.10. The molecule has 1 aliphatic rings. The van der Waals surface area contributed by atoms with Crippen LogP contribution in [-0.4, -0.2) is 22.0 Å². The number of rotatable bonds is 3. The summed E-state index contributed by atoms with van der Waals surface area (Å²) in [5.74, 6) is 0.779. The van der Waals surface area contributed by atoms with Crippen LogP contribution in [0.1, 0.15) is 19.5 Å². The number of pyridine rings is 1. The first kappa shape index (κ1) is 15.2. The van der Waals surface area contributed by atoms with Crippen LogP contribution in [0.3, 0.4) is 0 Å². The smallest absolute Gasteiger partial charge is 0.262 e. The number of allylic oxidation sites excluding steroid dienone is 1. The molecule has 0 atom stereocenters. The minimum atomic E-state index is -0.186. The van der Waals surface area contributed by atoms with Gasteiger partial charge in [0.2, 0.25) is 0 Å². The highest BCUT2D eigenvalue weighted by Crippen LogP contribution is 2.21. The second kappa shape index (κ2) is 6.09. The molecule has 0 radical (unpaired) electrons. The Hall–Kier alpha value is -2.15. The highest BCUT2D eigenvalue weighted by atomic mass is 79.9. The maximum absolute atomic E-state index is 11.6. The summed E-state index contributed by atoms with van der Waals surface area (Å²) in [6.45, 7) is 7.49. The van der Waals surface area contributed by atoms with E-state index in [0.29, 0.717) is 16.7 Å². The maximum atomic E-state index is 11.6. The molecule has 0 aliphatic carbocycles. The van der Waals surface area contributed by atoms with Crippen LogP contribution in [0.15, 0.2) is 50.2 Å². The molecule has 1 aromatic rings. The number of H-pyrrole nitrogens is 1. The van der Waals surface area contributed by atoms with Crippen molar-refractivity contribution in [3.05, 3.63) is 56.3 Å². The average Bonchev–Trinajstić information content (AvgIpc) is 2.43. The van der Waals surface area contributed by atoms with Crippen LogP contribution in [0.2, 0.25) is 0 Å². The fraction of sp³-hybridized carbons (Fsp3) is 0.214. The van der Waals surface area contributed by atoms with Crippen molar-refractivity contribution in [3.8, 4) is 0 Å². The number of halogens is 1. The summed E-state index contributed by atoms with van der Waals surface area (Å²) < 4.78 is 0.486. The van der Waals surface area contributed by atoms with Crippen molar-refractivity contribution in [2.45, 2.75) is 20.3 Å². The first-order chi connectivity index (χ1) is 9.93. The third-order valence-electron chi connectivity index (χ3n) is 3.06. The van der Waals surface area contributed by atoms with Crippen LogP contribution in [0, 0.1) is 5.41 Å². The number of hydrogen-bond acceptors (Lipinski definition) is 4. The zero-order valence-corrected chi connectivity index (χ0v) is 13.4. The van der Waals surface area contributed by atoms with Crippen molar-refractivity contribution >= 4 is 28.0 Å². The summed E-state index contributed by atoms with van der Waals surface area (Å²) in [6, 6.07) is 3.51. The zero-order chi connectivity index (χ0) is 15.6. The van der Waals surface area contributed by atoms with Gasteiger partial charge < -0.3 is 10.3 Å². The van der Waals surface area contributed by atoms with E-state index in [1.165, 1.54) is 5.01 Å². The molecular formula is C14H16BrN5O. The third-order valence-corrected chi connectivity index (χ3v) is 3.68. The van der Waals surface area contributed by atoms with Crippen molar-refractivity contribution in [3.63, 3.8) is 0 Å². The van der Waals surface area contributed by atoms with E-state index in [4.69, 9.17) is 5.41 Å². The van der Waals surface area contributed by atoms with Crippen LogP contribution in [0.5, 0.6) is 0 Å². The molecule has 0 amide bonds. The Kier molecular flexibility index (Phi) is 4.42. The second-order valence-corrected chi connectivity index (χ2v) is 5.40. The van der Waals surface area contributed by atoms with Crippen LogP contribution >= 0.6 is 15.9 Å². The molecule has 6 nitrogen and oxygen atoms in total. The lowest BCUT2D eigenvalue weighted by Crippen LogP contribution is -2.39. The van der Waals surface area contributed by atoms with Crippen LogP contribution < -0.4 is 10.9 Å². The first-order valence-corrected chi connectivity index (χ1v) is 7.14. The van der Waals surface area contributed by atoms with Gasteiger partial charge in [0.05, 0.1) is 4.47 Å². The van der Waals surface area contributed by atoms with Crippen molar-refractivity contribution in [2.75, 3.05) is 0 Å². The maximum Gasteiger partial charge on any atom is 0.262 e. The Labute approximate surface area is 130 Å². The lowest BCUT2D eigenvalue weighted by atomic mass is 10.0. The SMILES string of the molecule is C=C1NC(C)=C(Cc2ccc(Br)c(=O)[nH]2)C(=N)N1/N=C\C. The molecule has 21 heavy (non-hydrogen) atoms. The minimum Gasteiger partial charge on any atom is -0.344 e. The van der Waals surface area contributed by atoms with Gasteiger partial charge in [-0.1, -0.05) is 6.58 Å². The lowest BCUT2D eigenvalue weighted by molar-refractivity contribution is 0.496. The number of aromatic amines is 1. The van der Waals surface area contributed by atoms with E-state index in [1.807, 2.05) is 13.0 Å². The lowest BCUT2D eigenvalue weighted by Gasteiger charge is -2.30. The monoisotopic (exact) mass is 349 g/mol. The third kappa shape index (κ3) is 3.13. The second-order valence-electron chi connectivity index (χ2n) is 4.55. The fourth-order valence-electron chi connectivity index (χ4n) is 2.03. The van der Waals surface area contributed by atoms with E-state index in [-0.39, 0.29) is 11.4 Å². The Bertz CT molecular complexity index is 716. The quantitative estimate of drug-likeness (QED) is 0.732. The summed E-state index contributed by atoms with van der Waals surface area (Å²) in [5.41, 5.74) is 2.13. The summed E-state index contributed by atoms with van der Waals surface area (Å²) in [5, 5.41) is 16.9. The molecule has 0 aromatic carbocycles. The van der Waals surface area contributed by atoms with Gasteiger partial charge in [-0.15, -0.1) is 0 Å². The van der Waals surface area contributed by atoms with E-state index >= 15 is 0 Å². The zero-order valence-electron chi connectivity index (χ0n) is 11.8. The molecule has 0 bridgehead atoms. The molecule has 110 valence electrons. The highest BCUT2D eigenvalue weighted by Gasteiger charge is 2.24. The van der Waals surface area contributed by atoms with E-state index in [0.717, 1.165) is 17.0 Å². The first-order valence-electron chi connectivity index (χ1n) is 6.35. The van der Waals surface area contributed by atoms with E-state index < -0.39 is 0 Å². The van der Waals surface area contributed by atoms with Gasteiger partial charge >= 0.3 is 0 Å². The molecule has 2 rings (SSSR count). The largest absolute Gasteiger partial charge is 0.344 e. The molecule has 0 saturated heterocycles. The Balaban J connectivity index is 2.35. The molecule has 0 spiro atoms. The van der Waals surface area contributed by atoms with Crippen molar-refractivity contribution in [1.29, 1.82) is 5.41 Å². The topological polar surface area (TPSA) is 84.3 Å². The number of amidine groups is 1. The summed E-state index contributed by atoms with van der Waals surface area (Å²) in [6.07, 6.45) is 2.03. The Morgan fingerprint density at radius 1 is 1.52 bits per heavy atom. The van der Waals surface area contributed by atoms with Crippen molar-refractivity contribution < 1.29 is 0 Å². The normalized spacial score (nSPS) is 15.9. The molecule has 7 heteroatoms. The number of aromatic nitrogens is 1. The molecule has 1 aliphatic heterocycles. The number of hydrogen-bond donors (Lipinski definition) is 3. The Morgan fingerprint density at radius 2 is 2.24 bits per heavy atom. The van der Waals surface area contributed by atoms with Crippen LogP contribution in [0.25, 0.3) is 0 Å². The van der Waals surface area contributed by atoms with Crippen molar-refractivity contribution in [2.24, 2.45) is 5.10 Å². The molecule has 0 fully saturated rings. The number of nitrogens with zero attached hydrogens (tertiary/aromatic N) is 2. The van der Waals surface area contributed by atoms with Gasteiger partial charge in [-0.2, -0.15) is 5.10 Å². The van der Waals surface area contributed by atoms with Crippen molar-refractivity contribution in [1.82, 2.24) is 15.3 Å². The molecule has 2 heterocycles. The fourth-order valence-corrected chi connectivity index (χ4v) is 2.27. The summed E-state index contributed by atoms with van der Waals surface area (Å²) in [7, 11) is 0. The standard InChI is InChI=1S/C14H16BrN5O/c1-4-17-20-9(3)18-8(2)11(13(20)16)7-10-5-6-12(15)14(21)19-10/h4-6,16,18H,3,7H2,1-2H3,(H,19,21)/b16-13?,17-4-. The summed E-state index contributed by atoms with van der Waals surface area (Å²) >= 11 is 3.17. The van der Waals surface area contributed by atoms with Gasteiger partial charge in [-0.05, 0) is 41.9 Å². The van der Waals surface area contributed by atoms with E-state index in [1.54, 1.807) is 19.2 Å². The van der Waals surface area contributed by atoms with Gasteiger partial charge in [0.15, 0.2) is 5.84 Å². The minimum absolute atomic E-state index is 0.186. The molecule has 0 saturated carbocycles. The van der Waals surface area contributed by atoms with Gasteiger partial charge in [0, 0.05) is 29.6 Å². The van der Waals surface area contributed by atoms with Crippen LogP contribution in [-0.2, 0) is 6.42 Å². The average molecular weight is 350 g/mol. The van der Waals surface area contributed by atoms with E-state index in [2.05, 4.69) is 37.9 Å². The predicted molar refractivity (Wildman–Crippen MR) is 87.2 cm³/mol. The van der Waals surface area contributed by atoms with Crippen LogP contribution in [0.4, 0.5) is 0 Å². The molecule has 1 aromatic heterocycles. The van der Waals surface area contributed by atoms with Gasteiger partial charge in [0.25, 0.3) is 5.56 Å². The number of nitrogens with one attached hydrogen (secondary N) is 3.